The number of amides is 4. The van der Waals surface area contributed by atoms with Crippen molar-refractivity contribution in [2.45, 2.75) is 96.5 Å². The van der Waals surface area contributed by atoms with Crippen LogP contribution in [0.4, 0.5) is 0 Å². The first-order valence-corrected chi connectivity index (χ1v) is 22.1. The molecule has 1 saturated heterocycles. The molecule has 1 aliphatic rings. The summed E-state index contributed by atoms with van der Waals surface area (Å²) in [5.74, 6) is -1.18. The number of carbonyl (C=O) groups excluding carboxylic acids is 5. The molecule has 2 aromatic rings. The Bertz CT molecular complexity index is 1800. The number of Topliss-reactive ketones (excluding diaryl/α,β-unsaturated/α-hetero) is 1. The van der Waals surface area contributed by atoms with E-state index in [1.165, 1.54) is 0 Å². The van der Waals surface area contributed by atoms with E-state index in [1.807, 2.05) is 62.9 Å². The van der Waals surface area contributed by atoms with Crippen molar-refractivity contribution in [3.63, 3.8) is 0 Å². The molecule has 0 spiro atoms. The first-order chi connectivity index (χ1) is 28.9. The van der Waals surface area contributed by atoms with Gasteiger partial charge in [-0.15, -0.1) is 6.42 Å². The van der Waals surface area contributed by atoms with Crippen molar-refractivity contribution in [3.8, 4) is 12.3 Å². The number of rotatable bonds is 26. The van der Waals surface area contributed by atoms with E-state index in [-0.39, 0.29) is 50.0 Å². The maximum Gasteiger partial charge on any atom is 0.475 e. The molecule has 0 bridgehead atoms. The lowest BCUT2D eigenvalue weighted by Crippen LogP contribution is -2.60. The molecular formula is C44H64N5O11P. The average molecular weight is 870 g/mol. The van der Waals surface area contributed by atoms with E-state index in [1.54, 1.807) is 30.3 Å². The molecule has 2 unspecified atom stereocenters. The van der Waals surface area contributed by atoms with Crippen molar-refractivity contribution < 1.29 is 52.0 Å². The number of phosphoric ester groups is 1. The topological polar surface area (TPSA) is 211 Å². The zero-order valence-electron chi connectivity index (χ0n) is 36.2. The van der Waals surface area contributed by atoms with Gasteiger partial charge in [-0.2, -0.15) is 0 Å². The molecule has 17 heteroatoms. The van der Waals surface area contributed by atoms with Crippen LogP contribution >= 0.6 is 7.82 Å². The van der Waals surface area contributed by atoms with Gasteiger partial charge in [0.05, 0.1) is 32.4 Å². The first-order valence-electron chi connectivity index (χ1n) is 20.7. The number of terminal acetylenes is 1. The maximum atomic E-state index is 14.2. The monoisotopic (exact) mass is 869 g/mol. The number of benzene rings is 2. The van der Waals surface area contributed by atoms with Crippen LogP contribution in [0.5, 0.6) is 0 Å². The first kappa shape index (κ1) is 50.9. The highest BCUT2D eigenvalue weighted by Gasteiger charge is 2.41. The standard InChI is InChI=1S/C44H64N5O11P/c1-8-23-59-61(56,57-7)60-30-44(6,55)40(51)36(26-31(2)3)46-43(54)38(28-34-17-13-10-14-18-34)48-42(53)37(27-32(4)5)47-41(52)35(20-19-33-15-11-9-12-16-33)45-39(50)29-49-21-24-58-25-22-49/h1,9-18,31-32,35-38,55H,19-30H2,2-7H3,(H,45,50)(H,46,54)(H,47,52)(H,48,53)/t35-,36-,37?,38-,44+,61?/m0/s1. The molecule has 6 atom stereocenters. The molecule has 0 aliphatic carbocycles. The van der Waals surface area contributed by atoms with Gasteiger partial charge < -0.3 is 31.1 Å². The summed E-state index contributed by atoms with van der Waals surface area (Å²) in [5.41, 5.74) is -0.605. The minimum absolute atomic E-state index is 0.0175. The highest BCUT2D eigenvalue weighted by atomic mass is 31.2. The van der Waals surface area contributed by atoms with Crippen molar-refractivity contribution >= 4 is 37.2 Å². The fourth-order valence-electron chi connectivity index (χ4n) is 6.62. The number of phosphoric acid groups is 1. The van der Waals surface area contributed by atoms with Crippen LogP contribution in [0.1, 0.15) is 65.0 Å². The zero-order valence-corrected chi connectivity index (χ0v) is 37.1. The third-order valence-corrected chi connectivity index (χ3v) is 11.2. The number of nitrogens with one attached hydrogen (secondary N) is 4. The second kappa shape index (κ2) is 25.5. The van der Waals surface area contributed by atoms with Crippen molar-refractivity contribution in [2.75, 3.05) is 53.2 Å². The SMILES string of the molecule is C#CCOP(=O)(OC)OC[C@@](C)(O)C(=O)[C@H](CC(C)C)NC(=O)[C@H](Cc1ccccc1)NC(=O)C(CC(C)C)NC(=O)[C@H](CCc1ccccc1)NC(=O)CN1CCOCC1. The smallest absolute Gasteiger partial charge is 0.380 e. The van der Waals surface area contributed by atoms with Gasteiger partial charge in [0.1, 0.15) is 30.3 Å². The maximum absolute atomic E-state index is 14.2. The van der Waals surface area contributed by atoms with E-state index in [0.717, 1.165) is 19.6 Å². The van der Waals surface area contributed by atoms with Gasteiger partial charge in [0.2, 0.25) is 23.6 Å². The molecule has 0 aromatic heterocycles. The quantitative estimate of drug-likeness (QED) is 0.0683. The van der Waals surface area contributed by atoms with E-state index in [0.29, 0.717) is 38.3 Å². The summed E-state index contributed by atoms with van der Waals surface area (Å²) < 4.78 is 33.2. The highest BCUT2D eigenvalue weighted by Crippen LogP contribution is 2.49. The molecule has 2 aromatic carbocycles. The predicted molar refractivity (Wildman–Crippen MR) is 230 cm³/mol. The predicted octanol–water partition coefficient (Wildman–Crippen LogP) is 2.97. The third kappa shape index (κ3) is 18.2. The molecule has 1 heterocycles. The van der Waals surface area contributed by atoms with Crippen molar-refractivity contribution in [2.24, 2.45) is 11.8 Å². The lowest BCUT2D eigenvalue weighted by molar-refractivity contribution is -0.144. The van der Waals surface area contributed by atoms with Gasteiger partial charge in [0.25, 0.3) is 0 Å². The van der Waals surface area contributed by atoms with Crippen LogP contribution < -0.4 is 21.3 Å². The second-order valence-corrected chi connectivity index (χ2v) is 18.0. The van der Waals surface area contributed by atoms with Gasteiger partial charge in [-0.1, -0.05) is 94.3 Å². The fraction of sp³-hybridized carbons (Fsp3) is 0.568. The Balaban J connectivity index is 1.86. The number of nitrogens with zero attached hydrogens (tertiary/aromatic N) is 1. The van der Waals surface area contributed by atoms with Crippen LogP contribution in [0.15, 0.2) is 60.7 Å². The Morgan fingerprint density at radius 3 is 1.90 bits per heavy atom. The molecule has 5 N–H and O–H groups in total. The molecule has 61 heavy (non-hydrogen) atoms. The number of hydrogen-bond donors (Lipinski definition) is 5. The number of morpholine rings is 1. The molecule has 0 saturated carbocycles. The molecule has 1 aliphatic heterocycles. The van der Waals surface area contributed by atoms with Crippen molar-refractivity contribution in [1.29, 1.82) is 0 Å². The van der Waals surface area contributed by atoms with Gasteiger partial charge >= 0.3 is 7.82 Å². The molecule has 3 rings (SSSR count). The van der Waals surface area contributed by atoms with Gasteiger partial charge in [0, 0.05) is 26.6 Å². The van der Waals surface area contributed by atoms with E-state index < -0.39 is 74.3 Å². The highest BCUT2D eigenvalue weighted by molar-refractivity contribution is 7.48. The number of carbonyl (C=O) groups is 5. The summed E-state index contributed by atoms with van der Waals surface area (Å²) in [6.07, 6.45) is 6.25. The van der Waals surface area contributed by atoms with Gasteiger partial charge in [-0.05, 0) is 55.6 Å². The van der Waals surface area contributed by atoms with Crippen LogP contribution in [-0.2, 0) is 59.7 Å². The Kier molecular flexibility index (Phi) is 21.2. The summed E-state index contributed by atoms with van der Waals surface area (Å²) in [4.78, 5) is 71.6. The zero-order chi connectivity index (χ0) is 45.0. The summed E-state index contributed by atoms with van der Waals surface area (Å²) in [7, 11) is -3.17. The Labute approximate surface area is 360 Å². The van der Waals surface area contributed by atoms with E-state index in [4.69, 9.17) is 24.7 Å². The van der Waals surface area contributed by atoms with Gasteiger partial charge in [-0.3, -0.25) is 42.4 Å². The molecule has 336 valence electrons. The van der Waals surface area contributed by atoms with Crippen molar-refractivity contribution in [1.82, 2.24) is 26.2 Å². The molecule has 4 amide bonds. The van der Waals surface area contributed by atoms with Gasteiger partial charge in [-0.25, -0.2) is 4.57 Å². The van der Waals surface area contributed by atoms with Crippen LogP contribution in [0.3, 0.4) is 0 Å². The lowest BCUT2D eigenvalue weighted by atomic mass is 9.90. The Morgan fingerprint density at radius 2 is 1.33 bits per heavy atom. The summed E-state index contributed by atoms with van der Waals surface area (Å²) in [6.45, 7) is 9.63. The number of ketones is 1. The third-order valence-electron chi connectivity index (χ3n) is 9.85. The van der Waals surface area contributed by atoms with Gasteiger partial charge in [0.15, 0.2) is 5.78 Å². The number of aryl methyl sites for hydroxylation is 1. The normalized spacial score (nSPS) is 17.1. The lowest BCUT2D eigenvalue weighted by Gasteiger charge is -2.31. The van der Waals surface area contributed by atoms with Crippen LogP contribution in [0, 0.1) is 24.2 Å². The number of ether oxygens (including phenoxy) is 1. The van der Waals surface area contributed by atoms with Crippen molar-refractivity contribution in [3.05, 3.63) is 71.8 Å². The number of aliphatic hydroxyl groups is 1. The molecule has 1 fully saturated rings. The summed E-state index contributed by atoms with van der Waals surface area (Å²) in [5, 5.41) is 22.6. The second-order valence-electron chi connectivity index (χ2n) is 16.2. The molecule has 16 nitrogen and oxygen atoms in total. The van der Waals surface area contributed by atoms with E-state index >= 15 is 0 Å². The summed E-state index contributed by atoms with van der Waals surface area (Å²) in [6, 6.07) is 13.9. The number of hydrogen-bond acceptors (Lipinski definition) is 12. The molecule has 0 radical (unpaired) electrons. The van der Waals surface area contributed by atoms with Crippen LogP contribution in [0.2, 0.25) is 0 Å². The fourth-order valence-corrected chi connectivity index (χ4v) is 7.55. The minimum Gasteiger partial charge on any atom is -0.380 e. The summed E-state index contributed by atoms with van der Waals surface area (Å²) >= 11 is 0. The largest absolute Gasteiger partial charge is 0.475 e. The molecular weight excluding hydrogens is 805 g/mol. The Morgan fingerprint density at radius 1 is 0.803 bits per heavy atom. The Hall–Kier alpha value is -4.46. The average Bonchev–Trinajstić information content (AvgIpc) is 3.23. The minimum atomic E-state index is -4.22. The van der Waals surface area contributed by atoms with Crippen LogP contribution in [0.25, 0.3) is 0 Å². The van der Waals surface area contributed by atoms with E-state index in [2.05, 4.69) is 27.2 Å². The van der Waals surface area contributed by atoms with E-state index in [9.17, 15) is 33.6 Å². The van der Waals surface area contributed by atoms with Crippen LogP contribution in [-0.4, -0.2) is 122 Å².